The van der Waals surface area contributed by atoms with Crippen molar-refractivity contribution < 1.29 is 56.9 Å². The molecule has 8 N–H and O–H groups in total. The van der Waals surface area contributed by atoms with Crippen molar-refractivity contribution in [1.82, 2.24) is 10.6 Å². The van der Waals surface area contributed by atoms with Crippen LogP contribution in [0.2, 0.25) is 0 Å². The minimum Gasteiger partial charge on any atom is -0.504 e. The van der Waals surface area contributed by atoms with E-state index in [0.29, 0.717) is 30.4 Å². The summed E-state index contributed by atoms with van der Waals surface area (Å²) in [5.74, 6) is -2.52. The monoisotopic (exact) mass is 637 g/mol. The van der Waals surface area contributed by atoms with E-state index >= 15 is 0 Å². The second kappa shape index (κ2) is 13.9. The van der Waals surface area contributed by atoms with Crippen LogP contribution < -0.4 is 21.1 Å². The SMILES string of the molecule is CNC(=O)Oc1cc(C[C@H](NC(=O)[C@@H](N)Cc2ccc(O)c(O)c2)C(=O)OC)ccc1O.O=C1C[C@H]2CC[C@]1(S(=O)(=O)O)C2. The number of carbonyl (C=O) groups excluding carboxylic acids is 4. The summed E-state index contributed by atoms with van der Waals surface area (Å²) < 4.78 is 39.1. The van der Waals surface area contributed by atoms with E-state index in [2.05, 4.69) is 10.6 Å². The minimum atomic E-state index is -4.17. The summed E-state index contributed by atoms with van der Waals surface area (Å²) in [4.78, 5) is 47.4. The van der Waals surface area contributed by atoms with E-state index in [1.807, 2.05) is 0 Å². The maximum Gasteiger partial charge on any atom is 0.412 e. The maximum atomic E-state index is 12.6. The summed E-state index contributed by atoms with van der Waals surface area (Å²) in [6.07, 6.45) is 0.957. The highest BCUT2D eigenvalue weighted by Crippen LogP contribution is 2.49. The molecule has 44 heavy (non-hydrogen) atoms. The zero-order valence-corrected chi connectivity index (χ0v) is 24.8. The Morgan fingerprint density at radius 3 is 2.18 bits per heavy atom. The van der Waals surface area contributed by atoms with Crippen LogP contribution in [-0.4, -0.2) is 83.0 Å². The van der Waals surface area contributed by atoms with Gasteiger partial charge in [0.2, 0.25) is 5.91 Å². The van der Waals surface area contributed by atoms with E-state index in [1.54, 1.807) is 0 Å². The van der Waals surface area contributed by atoms with E-state index in [4.69, 9.17) is 19.8 Å². The fourth-order valence-electron chi connectivity index (χ4n) is 5.17. The maximum absolute atomic E-state index is 12.6. The van der Waals surface area contributed by atoms with E-state index in [0.717, 1.165) is 13.5 Å². The van der Waals surface area contributed by atoms with Crippen LogP contribution in [0.1, 0.15) is 36.8 Å². The third-order valence-corrected chi connectivity index (χ3v) is 9.14. The fraction of sp³-hybridized carbons (Fsp3) is 0.429. The van der Waals surface area contributed by atoms with Crippen molar-refractivity contribution in [1.29, 1.82) is 0 Å². The summed E-state index contributed by atoms with van der Waals surface area (Å²) in [6.45, 7) is 0. The smallest absolute Gasteiger partial charge is 0.412 e. The van der Waals surface area contributed by atoms with Crippen LogP contribution in [-0.2, 0) is 42.1 Å². The Morgan fingerprint density at radius 1 is 1.05 bits per heavy atom. The van der Waals surface area contributed by atoms with E-state index in [-0.39, 0.29) is 47.5 Å². The van der Waals surface area contributed by atoms with Crippen molar-refractivity contribution in [3.05, 3.63) is 47.5 Å². The molecule has 2 amide bonds. The second-order valence-electron chi connectivity index (χ2n) is 10.6. The predicted molar refractivity (Wildman–Crippen MR) is 154 cm³/mol. The van der Waals surface area contributed by atoms with Gasteiger partial charge < -0.3 is 41.2 Å². The van der Waals surface area contributed by atoms with Crippen LogP contribution in [0.4, 0.5) is 4.79 Å². The van der Waals surface area contributed by atoms with Crippen LogP contribution in [0.5, 0.6) is 23.0 Å². The first-order valence-electron chi connectivity index (χ1n) is 13.5. The lowest BCUT2D eigenvalue weighted by Crippen LogP contribution is -2.50. The molecule has 2 aromatic carbocycles. The normalized spacial score (nSPS) is 20.1. The Morgan fingerprint density at radius 2 is 1.68 bits per heavy atom. The second-order valence-corrected chi connectivity index (χ2v) is 12.3. The first-order chi connectivity index (χ1) is 20.6. The van der Waals surface area contributed by atoms with Gasteiger partial charge in [-0.2, -0.15) is 8.42 Å². The van der Waals surface area contributed by atoms with E-state index < -0.39 is 44.9 Å². The fourth-order valence-corrected chi connectivity index (χ4v) is 6.37. The molecule has 15 nitrogen and oxygen atoms in total. The zero-order chi connectivity index (χ0) is 32.8. The highest BCUT2D eigenvalue weighted by atomic mass is 32.2. The van der Waals surface area contributed by atoms with Gasteiger partial charge in [-0.15, -0.1) is 0 Å². The number of nitrogens with one attached hydrogen (secondary N) is 2. The van der Waals surface area contributed by atoms with Crippen LogP contribution in [0.25, 0.3) is 0 Å². The summed E-state index contributed by atoms with van der Waals surface area (Å²) in [6, 6.07) is 6.03. The van der Waals surface area contributed by atoms with Gasteiger partial charge in [-0.1, -0.05) is 12.1 Å². The molecule has 2 fully saturated rings. The third-order valence-electron chi connectivity index (χ3n) is 7.56. The number of aromatic hydroxyl groups is 3. The minimum absolute atomic E-state index is 0.0322. The molecular weight excluding hydrogens is 602 g/mol. The molecule has 0 radical (unpaired) electrons. The number of nitrogens with two attached hydrogens (primary N) is 1. The quantitative estimate of drug-likeness (QED) is 0.114. The molecule has 0 heterocycles. The number of hydrogen-bond acceptors (Lipinski definition) is 12. The van der Waals surface area contributed by atoms with Crippen LogP contribution in [0.15, 0.2) is 36.4 Å². The molecule has 0 saturated heterocycles. The number of rotatable bonds is 9. The summed E-state index contributed by atoms with van der Waals surface area (Å²) >= 11 is 0. The largest absolute Gasteiger partial charge is 0.504 e. The molecule has 16 heteroatoms. The van der Waals surface area contributed by atoms with Crippen LogP contribution in [0, 0.1) is 5.92 Å². The molecule has 0 aliphatic heterocycles. The number of benzene rings is 2. The van der Waals surface area contributed by atoms with Gasteiger partial charge in [0.15, 0.2) is 33.5 Å². The van der Waals surface area contributed by atoms with E-state index in [1.165, 1.54) is 43.4 Å². The summed E-state index contributed by atoms with van der Waals surface area (Å²) in [5.41, 5.74) is 6.90. The Hall–Kier alpha value is -4.41. The van der Waals surface area contributed by atoms with Gasteiger partial charge in [-0.05, 0) is 67.0 Å². The average molecular weight is 638 g/mol. The molecule has 2 aliphatic rings. The lowest BCUT2D eigenvalue weighted by Gasteiger charge is -2.20. The Kier molecular flexibility index (Phi) is 10.8. The lowest BCUT2D eigenvalue weighted by atomic mass is 9.99. The van der Waals surface area contributed by atoms with Gasteiger partial charge >= 0.3 is 12.1 Å². The van der Waals surface area contributed by atoms with Gasteiger partial charge in [0, 0.05) is 19.9 Å². The number of phenolic OH excluding ortho intramolecular Hbond substituents is 3. The number of hydrogen-bond donors (Lipinski definition) is 7. The average Bonchev–Trinajstić information content (AvgIpc) is 3.55. The molecule has 2 aliphatic carbocycles. The first kappa shape index (κ1) is 34.1. The molecule has 4 atom stereocenters. The standard InChI is InChI=1S/C21H25N3O8.C7H10O4S/c1-23-21(30)32-18-10-12(4-6-16(18)26)8-14(20(29)31-2)24-19(28)13(22)7-11-3-5-15(25)17(27)9-11;8-6-3-5-1-2-7(6,4-5)12(9,10)11/h3-6,9-10,13-14,25-27H,7-8,22H2,1-2H3,(H,23,30)(H,24,28);5H,1-4H2,(H,9,10,11)/t13-,14-;5-,7+/m01/s1. The molecular formula is C28H35N3O12S. The van der Waals surface area contributed by atoms with Crippen molar-refractivity contribution in [2.75, 3.05) is 14.2 Å². The zero-order valence-electron chi connectivity index (χ0n) is 24.0. The molecule has 4 rings (SSSR count). The van der Waals surface area contributed by atoms with Gasteiger partial charge in [0.25, 0.3) is 10.1 Å². The molecule has 0 unspecified atom stereocenters. The number of esters is 1. The molecule has 2 saturated carbocycles. The van der Waals surface area contributed by atoms with Gasteiger partial charge in [-0.3, -0.25) is 14.1 Å². The molecule has 0 aromatic heterocycles. The third kappa shape index (κ3) is 7.94. The van der Waals surface area contributed by atoms with Crippen molar-refractivity contribution in [3.8, 4) is 23.0 Å². The number of Topliss-reactive ketones (excluding diaryl/α,β-unsaturated/α-hetero) is 1. The summed E-state index contributed by atoms with van der Waals surface area (Å²) in [7, 11) is -1.65. The predicted octanol–water partition coefficient (Wildman–Crippen LogP) is 0.678. The van der Waals surface area contributed by atoms with Crippen LogP contribution >= 0.6 is 0 Å². The van der Waals surface area contributed by atoms with Crippen molar-refractivity contribution in [2.45, 2.75) is 55.4 Å². The number of amides is 2. The van der Waals surface area contributed by atoms with Gasteiger partial charge in [0.05, 0.1) is 13.2 Å². The Labute approximate surface area is 253 Å². The lowest BCUT2D eigenvalue weighted by molar-refractivity contribution is -0.145. The van der Waals surface area contributed by atoms with Crippen molar-refractivity contribution in [3.63, 3.8) is 0 Å². The highest BCUT2D eigenvalue weighted by molar-refractivity contribution is 7.88. The molecule has 240 valence electrons. The molecule has 2 aromatic rings. The van der Waals surface area contributed by atoms with Crippen molar-refractivity contribution >= 4 is 33.9 Å². The highest BCUT2D eigenvalue weighted by Gasteiger charge is 2.59. The Bertz CT molecular complexity index is 1530. The number of ether oxygens (including phenoxy) is 2. The molecule has 0 spiro atoms. The van der Waals surface area contributed by atoms with Crippen LogP contribution in [0.3, 0.4) is 0 Å². The number of ketones is 1. The topological polar surface area (TPSA) is 252 Å². The summed E-state index contributed by atoms with van der Waals surface area (Å²) in [5, 5.41) is 33.6. The van der Waals surface area contributed by atoms with Gasteiger partial charge in [-0.25, -0.2) is 9.59 Å². The number of carbonyl (C=O) groups is 4. The van der Waals surface area contributed by atoms with E-state index in [9.17, 15) is 42.9 Å². The molecule has 2 bridgehead atoms. The van der Waals surface area contributed by atoms with Gasteiger partial charge in [0.1, 0.15) is 6.04 Å². The number of fused-ring (bicyclic) bond motifs is 2. The first-order valence-corrected chi connectivity index (χ1v) is 14.9. The Balaban J connectivity index is 0.000000363. The number of methoxy groups -OCH3 is 1. The number of phenols is 3. The van der Waals surface area contributed by atoms with Crippen molar-refractivity contribution in [2.24, 2.45) is 11.7 Å².